The molecule has 6 nitrogen and oxygen atoms in total. The van der Waals surface area contributed by atoms with Crippen molar-refractivity contribution in [1.29, 1.82) is 0 Å². The maximum Gasteiger partial charge on any atom is 0.243 e. The second-order valence-electron chi connectivity index (χ2n) is 5.27. The molecule has 3 N–H and O–H groups in total. The third kappa shape index (κ3) is 7.51. The fraction of sp³-hybridized carbons (Fsp3) is 0.278. The van der Waals surface area contributed by atoms with E-state index in [4.69, 9.17) is 0 Å². The van der Waals surface area contributed by atoms with E-state index in [1.807, 2.05) is 19.1 Å². The second-order valence-corrected chi connectivity index (χ2v) is 5.27. The molecule has 0 bridgehead atoms. The lowest BCUT2D eigenvalue weighted by atomic mass is 10.1. The molecular weight excluding hydrogens is 429 g/mol. The first-order valence-electron chi connectivity index (χ1n) is 7.95. The fourth-order valence-corrected chi connectivity index (χ4v) is 2.10. The Bertz CT molecular complexity index is 691. The molecule has 1 amide bonds. The first-order valence-corrected chi connectivity index (χ1v) is 7.95. The molecule has 0 unspecified atom stereocenters. The normalized spacial score (nSPS) is 10.6. The number of aliphatic imine (C=N–C) groups is 1. The summed E-state index contributed by atoms with van der Waals surface area (Å²) in [4.78, 5) is 20.5. The average molecular weight is 453 g/mol. The summed E-state index contributed by atoms with van der Waals surface area (Å²) < 4.78 is 0. The van der Waals surface area contributed by atoms with Gasteiger partial charge >= 0.3 is 0 Å². The highest BCUT2D eigenvalue weighted by atomic mass is 127. The highest BCUT2D eigenvalue weighted by Crippen LogP contribution is 2.07. The van der Waals surface area contributed by atoms with Crippen molar-refractivity contribution in [2.45, 2.75) is 20.4 Å². The SMILES string of the molecule is CCNC(=NCc1ccccc1C)NCC(=O)Nc1cccnc1.I. The molecule has 0 fully saturated rings. The lowest BCUT2D eigenvalue weighted by Crippen LogP contribution is -2.41. The average Bonchev–Trinajstić information content (AvgIpc) is 2.59. The third-order valence-corrected chi connectivity index (χ3v) is 3.37. The molecule has 0 aliphatic heterocycles. The van der Waals surface area contributed by atoms with Crippen LogP contribution in [0, 0.1) is 6.92 Å². The predicted molar refractivity (Wildman–Crippen MR) is 112 cm³/mol. The monoisotopic (exact) mass is 453 g/mol. The molecule has 2 rings (SSSR count). The molecule has 1 aromatic carbocycles. The summed E-state index contributed by atoms with van der Waals surface area (Å²) in [6.45, 7) is 5.47. The van der Waals surface area contributed by atoms with E-state index in [0.29, 0.717) is 18.2 Å². The van der Waals surface area contributed by atoms with E-state index in [2.05, 4.69) is 45.0 Å². The quantitative estimate of drug-likeness (QED) is 0.357. The van der Waals surface area contributed by atoms with Crippen LogP contribution >= 0.6 is 24.0 Å². The first kappa shape index (κ1) is 20.9. The Labute approximate surface area is 165 Å². The summed E-state index contributed by atoms with van der Waals surface area (Å²) in [7, 11) is 0. The Morgan fingerprint density at radius 3 is 2.64 bits per heavy atom. The van der Waals surface area contributed by atoms with Crippen molar-refractivity contribution in [2.24, 2.45) is 4.99 Å². The summed E-state index contributed by atoms with van der Waals surface area (Å²) in [5.74, 6) is 0.464. The number of benzene rings is 1. The van der Waals surface area contributed by atoms with Crippen LogP contribution in [0.2, 0.25) is 0 Å². The number of nitrogens with zero attached hydrogens (tertiary/aromatic N) is 2. The van der Waals surface area contributed by atoms with Gasteiger partial charge in [-0.15, -0.1) is 24.0 Å². The van der Waals surface area contributed by atoms with Gasteiger partial charge in [-0.1, -0.05) is 24.3 Å². The van der Waals surface area contributed by atoms with Gasteiger partial charge in [0.25, 0.3) is 0 Å². The molecule has 0 spiro atoms. The van der Waals surface area contributed by atoms with Crippen molar-refractivity contribution in [3.8, 4) is 0 Å². The molecule has 0 atom stereocenters. The molecule has 0 aliphatic carbocycles. The molecule has 0 saturated heterocycles. The van der Waals surface area contributed by atoms with Crippen molar-refractivity contribution in [3.05, 3.63) is 59.9 Å². The van der Waals surface area contributed by atoms with Gasteiger partial charge in [0.15, 0.2) is 5.96 Å². The van der Waals surface area contributed by atoms with Crippen molar-refractivity contribution in [3.63, 3.8) is 0 Å². The van der Waals surface area contributed by atoms with E-state index in [9.17, 15) is 4.79 Å². The maximum absolute atomic E-state index is 12.0. The summed E-state index contributed by atoms with van der Waals surface area (Å²) in [6, 6.07) is 11.7. The third-order valence-electron chi connectivity index (χ3n) is 3.37. The van der Waals surface area contributed by atoms with Crippen molar-refractivity contribution >= 4 is 41.5 Å². The molecule has 0 aliphatic rings. The lowest BCUT2D eigenvalue weighted by Gasteiger charge is -2.12. The van der Waals surface area contributed by atoms with Gasteiger partial charge < -0.3 is 16.0 Å². The first-order chi connectivity index (χ1) is 11.7. The zero-order chi connectivity index (χ0) is 17.2. The minimum atomic E-state index is -0.149. The van der Waals surface area contributed by atoms with Crippen LogP contribution in [0.1, 0.15) is 18.1 Å². The molecule has 2 aromatic rings. The van der Waals surface area contributed by atoms with Crippen LogP contribution in [-0.4, -0.2) is 29.9 Å². The van der Waals surface area contributed by atoms with Gasteiger partial charge in [0.1, 0.15) is 0 Å². The van der Waals surface area contributed by atoms with Crippen molar-refractivity contribution in [1.82, 2.24) is 15.6 Å². The van der Waals surface area contributed by atoms with Gasteiger partial charge in [-0.3, -0.25) is 9.78 Å². The van der Waals surface area contributed by atoms with Crippen LogP contribution in [-0.2, 0) is 11.3 Å². The zero-order valence-electron chi connectivity index (χ0n) is 14.5. The Hall–Kier alpha value is -2.16. The number of carbonyl (C=O) groups is 1. The molecule has 0 saturated carbocycles. The Morgan fingerprint density at radius 1 is 1.16 bits per heavy atom. The van der Waals surface area contributed by atoms with E-state index in [-0.39, 0.29) is 36.4 Å². The van der Waals surface area contributed by atoms with E-state index < -0.39 is 0 Å². The summed E-state index contributed by atoms with van der Waals surface area (Å²) in [5, 5.41) is 8.95. The Morgan fingerprint density at radius 2 is 1.96 bits per heavy atom. The van der Waals surface area contributed by atoms with Crippen LogP contribution in [0.25, 0.3) is 0 Å². The summed E-state index contributed by atoms with van der Waals surface area (Å²) in [6.07, 6.45) is 3.27. The summed E-state index contributed by atoms with van der Waals surface area (Å²) in [5.41, 5.74) is 3.03. The Kier molecular flexibility index (Phi) is 9.53. The minimum absolute atomic E-state index is 0. The number of hydrogen-bond acceptors (Lipinski definition) is 3. The molecule has 134 valence electrons. The molecule has 0 radical (unpaired) electrons. The van der Waals surface area contributed by atoms with Crippen molar-refractivity contribution in [2.75, 3.05) is 18.4 Å². The van der Waals surface area contributed by atoms with Gasteiger partial charge in [-0.25, -0.2) is 4.99 Å². The van der Waals surface area contributed by atoms with E-state index >= 15 is 0 Å². The van der Waals surface area contributed by atoms with Crippen LogP contribution in [0.15, 0.2) is 53.8 Å². The molecule has 1 heterocycles. The largest absolute Gasteiger partial charge is 0.357 e. The van der Waals surface area contributed by atoms with Crippen LogP contribution < -0.4 is 16.0 Å². The number of pyridine rings is 1. The fourth-order valence-electron chi connectivity index (χ4n) is 2.10. The number of aromatic nitrogens is 1. The second kappa shape index (κ2) is 11.4. The summed E-state index contributed by atoms with van der Waals surface area (Å²) >= 11 is 0. The molecule has 1 aromatic heterocycles. The van der Waals surface area contributed by atoms with Gasteiger partial charge in [0.2, 0.25) is 5.91 Å². The zero-order valence-corrected chi connectivity index (χ0v) is 16.8. The van der Waals surface area contributed by atoms with Crippen molar-refractivity contribution < 1.29 is 4.79 Å². The smallest absolute Gasteiger partial charge is 0.243 e. The number of amides is 1. The van der Waals surface area contributed by atoms with E-state index in [1.165, 1.54) is 5.56 Å². The Balaban J connectivity index is 0.00000312. The number of halogens is 1. The molecular formula is C18H24IN5O. The van der Waals surface area contributed by atoms with Crippen LogP contribution in [0.4, 0.5) is 5.69 Å². The van der Waals surface area contributed by atoms with Crippen LogP contribution in [0.3, 0.4) is 0 Å². The number of hydrogen-bond donors (Lipinski definition) is 3. The molecule has 7 heteroatoms. The van der Waals surface area contributed by atoms with E-state index in [0.717, 1.165) is 12.1 Å². The number of aryl methyl sites for hydroxylation is 1. The standard InChI is InChI=1S/C18H23N5O.HI/c1-3-20-18(21-11-15-8-5-4-7-14(15)2)22-13-17(24)23-16-9-6-10-19-12-16;/h4-10,12H,3,11,13H2,1-2H3,(H,23,24)(H2,20,21,22);1H. The van der Waals surface area contributed by atoms with E-state index in [1.54, 1.807) is 24.5 Å². The van der Waals surface area contributed by atoms with Crippen LogP contribution in [0.5, 0.6) is 0 Å². The highest BCUT2D eigenvalue weighted by molar-refractivity contribution is 14.0. The predicted octanol–water partition coefficient (Wildman–Crippen LogP) is 2.70. The van der Waals surface area contributed by atoms with Gasteiger partial charge in [-0.2, -0.15) is 0 Å². The lowest BCUT2D eigenvalue weighted by molar-refractivity contribution is -0.115. The number of nitrogens with one attached hydrogen (secondary N) is 3. The minimum Gasteiger partial charge on any atom is -0.357 e. The number of guanidine groups is 1. The molecule has 25 heavy (non-hydrogen) atoms. The number of rotatable bonds is 6. The number of anilines is 1. The van der Waals surface area contributed by atoms with Gasteiger partial charge in [0, 0.05) is 12.7 Å². The van der Waals surface area contributed by atoms with Gasteiger partial charge in [-0.05, 0) is 37.1 Å². The maximum atomic E-state index is 12.0. The highest BCUT2D eigenvalue weighted by Gasteiger charge is 2.04. The topological polar surface area (TPSA) is 78.4 Å². The van der Waals surface area contributed by atoms with Gasteiger partial charge in [0.05, 0.1) is 25.0 Å². The number of carbonyl (C=O) groups excluding carboxylic acids is 1.